The number of nitrogens with one attached hydrogen (secondary N) is 4. The molecule has 0 aromatic carbocycles. The van der Waals surface area contributed by atoms with Crippen LogP contribution in [0.3, 0.4) is 0 Å². The lowest BCUT2D eigenvalue weighted by atomic mass is 10.0. The highest BCUT2D eigenvalue weighted by molar-refractivity contribution is 5.95. The Balaban J connectivity index is 4.79. The first-order chi connectivity index (χ1) is 13.6. The van der Waals surface area contributed by atoms with Crippen molar-refractivity contribution in [3.8, 4) is 0 Å². The number of amides is 4. The highest BCUT2D eigenvalue weighted by atomic mass is 16.6. The predicted molar refractivity (Wildman–Crippen MR) is 108 cm³/mol. The highest BCUT2D eigenvalue weighted by Gasteiger charge is 2.27. The molecule has 0 radical (unpaired) electrons. The van der Waals surface area contributed by atoms with Crippen LogP contribution in [0.4, 0.5) is 4.79 Å². The van der Waals surface area contributed by atoms with Crippen molar-refractivity contribution >= 4 is 29.8 Å². The molecule has 0 saturated heterocycles. The highest BCUT2D eigenvalue weighted by Crippen LogP contribution is 2.09. The first kappa shape index (κ1) is 26.9. The summed E-state index contributed by atoms with van der Waals surface area (Å²) in [5.74, 6) is -3.35. The lowest BCUT2D eigenvalue weighted by Crippen LogP contribution is -2.54. The van der Waals surface area contributed by atoms with Crippen molar-refractivity contribution < 1.29 is 33.8 Å². The van der Waals surface area contributed by atoms with Gasteiger partial charge in [0.05, 0.1) is 6.54 Å². The van der Waals surface area contributed by atoms with Crippen LogP contribution < -0.4 is 21.3 Å². The minimum atomic E-state index is -1.40. The number of hydrogen-bond donors (Lipinski definition) is 5. The third-order valence-corrected chi connectivity index (χ3v) is 3.44. The summed E-state index contributed by atoms with van der Waals surface area (Å²) in [4.78, 5) is 58.8. The molecule has 0 aliphatic rings. The Hall–Kier alpha value is -3.11. The number of carboxylic acids is 1. The fourth-order valence-corrected chi connectivity index (χ4v) is 2.12. The molecule has 4 amide bonds. The molecule has 0 bridgehead atoms. The smallest absolute Gasteiger partial charge is 0.408 e. The van der Waals surface area contributed by atoms with Gasteiger partial charge in [0.25, 0.3) is 0 Å². The van der Waals surface area contributed by atoms with Gasteiger partial charge in [0.2, 0.25) is 17.7 Å². The van der Waals surface area contributed by atoms with Crippen molar-refractivity contribution in [2.24, 2.45) is 5.92 Å². The van der Waals surface area contributed by atoms with Gasteiger partial charge < -0.3 is 31.1 Å². The van der Waals surface area contributed by atoms with E-state index in [1.807, 2.05) is 19.2 Å². The van der Waals surface area contributed by atoms with E-state index in [9.17, 15) is 24.0 Å². The second-order valence-corrected chi connectivity index (χ2v) is 8.11. The molecule has 0 rings (SSSR count). The van der Waals surface area contributed by atoms with E-state index in [4.69, 9.17) is 9.84 Å². The molecule has 0 aliphatic carbocycles. The Kier molecular flexibility index (Phi) is 10.6. The molecular weight excluding hydrogens is 396 g/mol. The zero-order chi connectivity index (χ0) is 23.6. The molecule has 30 heavy (non-hydrogen) atoms. The molecule has 0 unspecified atom stereocenters. The minimum absolute atomic E-state index is 0.0749. The van der Waals surface area contributed by atoms with Crippen LogP contribution in [0.15, 0.2) is 12.3 Å². The number of alkyl carbamates (subject to hydrolysis) is 1. The van der Waals surface area contributed by atoms with E-state index in [2.05, 4.69) is 22.5 Å². The molecule has 170 valence electrons. The molecule has 11 heteroatoms. The maximum Gasteiger partial charge on any atom is 0.408 e. The van der Waals surface area contributed by atoms with Gasteiger partial charge in [-0.2, -0.15) is 0 Å². The summed E-state index contributed by atoms with van der Waals surface area (Å²) >= 11 is 0. The summed E-state index contributed by atoms with van der Waals surface area (Å²) in [5.41, 5.74) is -1.26. The van der Waals surface area contributed by atoms with Crippen molar-refractivity contribution in [2.45, 2.75) is 65.6 Å². The summed E-state index contributed by atoms with van der Waals surface area (Å²) in [6, 6.07) is -1.93. The van der Waals surface area contributed by atoms with E-state index in [0.717, 1.165) is 0 Å². The van der Waals surface area contributed by atoms with Gasteiger partial charge in [0.1, 0.15) is 23.4 Å². The maximum absolute atomic E-state index is 12.5. The van der Waals surface area contributed by atoms with Gasteiger partial charge in [0, 0.05) is 0 Å². The SMILES string of the molecule is C=C(NC(=O)CNC(=O)[C@H](C)NC(=O)[C@H](CC(C)C)NC(=O)OC(C)(C)C)C(=O)O. The van der Waals surface area contributed by atoms with Crippen LogP contribution in [0.5, 0.6) is 0 Å². The zero-order valence-corrected chi connectivity index (χ0v) is 18.3. The van der Waals surface area contributed by atoms with E-state index in [1.54, 1.807) is 20.8 Å². The Labute approximate surface area is 176 Å². The van der Waals surface area contributed by atoms with Crippen molar-refractivity contribution in [2.75, 3.05) is 6.54 Å². The Morgan fingerprint density at radius 2 is 1.57 bits per heavy atom. The summed E-state index contributed by atoms with van der Waals surface area (Å²) in [5, 5.41) is 17.9. The molecule has 11 nitrogen and oxygen atoms in total. The molecule has 0 aromatic rings. The third-order valence-electron chi connectivity index (χ3n) is 3.44. The van der Waals surface area contributed by atoms with Crippen LogP contribution in [-0.2, 0) is 23.9 Å². The molecule has 5 N–H and O–H groups in total. The number of rotatable bonds is 10. The van der Waals surface area contributed by atoms with Crippen LogP contribution >= 0.6 is 0 Å². The third kappa shape index (κ3) is 11.7. The Morgan fingerprint density at radius 1 is 1.00 bits per heavy atom. The van der Waals surface area contributed by atoms with Crippen LogP contribution in [0.25, 0.3) is 0 Å². The van der Waals surface area contributed by atoms with Crippen LogP contribution in [0, 0.1) is 5.92 Å². The summed E-state index contributed by atoms with van der Waals surface area (Å²) in [6.45, 7) is 12.9. The van der Waals surface area contributed by atoms with E-state index >= 15 is 0 Å². The van der Waals surface area contributed by atoms with Gasteiger partial charge in [0.15, 0.2) is 0 Å². The van der Waals surface area contributed by atoms with E-state index in [-0.39, 0.29) is 5.92 Å². The van der Waals surface area contributed by atoms with Gasteiger partial charge in [-0.1, -0.05) is 20.4 Å². The lowest BCUT2D eigenvalue weighted by Gasteiger charge is -2.25. The van der Waals surface area contributed by atoms with Gasteiger partial charge in [-0.05, 0) is 40.0 Å². The molecule has 0 fully saturated rings. The van der Waals surface area contributed by atoms with Crippen molar-refractivity contribution in [1.29, 1.82) is 0 Å². The standard InChI is InChI=1S/C19H32N4O7/c1-10(2)8-13(23-18(29)30-19(5,6)7)16(26)22-11(3)15(25)20-9-14(24)21-12(4)17(27)28/h10-11,13H,4,8-9H2,1-3,5-7H3,(H,20,25)(H,21,24)(H,22,26)(H,23,29)(H,27,28)/t11-,13-/m0/s1. The van der Waals surface area contributed by atoms with Crippen molar-refractivity contribution in [3.63, 3.8) is 0 Å². The molecule has 0 aromatic heterocycles. The predicted octanol–water partition coefficient (Wildman–Crippen LogP) is 0.261. The quantitative estimate of drug-likeness (QED) is 0.312. The Morgan fingerprint density at radius 3 is 2.03 bits per heavy atom. The summed E-state index contributed by atoms with van der Waals surface area (Å²) in [6.07, 6.45) is -0.435. The fraction of sp³-hybridized carbons (Fsp3) is 0.632. The zero-order valence-electron chi connectivity index (χ0n) is 18.3. The number of carboxylic acid groups (broad SMARTS) is 1. The van der Waals surface area contributed by atoms with Gasteiger partial charge in [-0.15, -0.1) is 0 Å². The fourth-order valence-electron chi connectivity index (χ4n) is 2.12. The largest absolute Gasteiger partial charge is 0.477 e. The normalized spacial score (nSPS) is 12.9. The summed E-state index contributed by atoms with van der Waals surface area (Å²) < 4.78 is 5.16. The van der Waals surface area contributed by atoms with Crippen LogP contribution in [0.2, 0.25) is 0 Å². The van der Waals surface area contributed by atoms with E-state index < -0.39 is 59.7 Å². The van der Waals surface area contributed by atoms with Gasteiger partial charge in [-0.25, -0.2) is 9.59 Å². The number of aliphatic carboxylic acids is 1. The van der Waals surface area contributed by atoms with Crippen LogP contribution in [-0.4, -0.2) is 59.1 Å². The monoisotopic (exact) mass is 428 g/mol. The average Bonchev–Trinajstić information content (AvgIpc) is 2.56. The van der Waals surface area contributed by atoms with Crippen LogP contribution in [0.1, 0.15) is 48.0 Å². The van der Waals surface area contributed by atoms with E-state index in [0.29, 0.717) is 6.42 Å². The molecular formula is C19H32N4O7. The molecule has 0 spiro atoms. The second kappa shape index (κ2) is 11.8. The lowest BCUT2D eigenvalue weighted by molar-refractivity contribution is -0.134. The first-order valence-corrected chi connectivity index (χ1v) is 9.42. The van der Waals surface area contributed by atoms with Gasteiger partial charge in [-0.3, -0.25) is 14.4 Å². The molecule has 0 heterocycles. The number of ether oxygens (including phenoxy) is 1. The number of carbonyl (C=O) groups excluding carboxylic acids is 4. The Bertz CT molecular complexity index is 683. The minimum Gasteiger partial charge on any atom is -0.477 e. The van der Waals surface area contributed by atoms with Gasteiger partial charge >= 0.3 is 12.1 Å². The van der Waals surface area contributed by atoms with E-state index in [1.165, 1.54) is 6.92 Å². The summed E-state index contributed by atoms with van der Waals surface area (Å²) in [7, 11) is 0. The maximum atomic E-state index is 12.5. The second-order valence-electron chi connectivity index (χ2n) is 8.11. The topological polar surface area (TPSA) is 163 Å². The number of hydrogen-bond acceptors (Lipinski definition) is 6. The van der Waals surface area contributed by atoms with Crippen molar-refractivity contribution in [3.05, 3.63) is 12.3 Å². The average molecular weight is 428 g/mol. The molecule has 2 atom stereocenters. The molecule has 0 aliphatic heterocycles. The number of carbonyl (C=O) groups is 5. The molecule has 0 saturated carbocycles. The van der Waals surface area contributed by atoms with Crippen molar-refractivity contribution in [1.82, 2.24) is 21.3 Å². The first-order valence-electron chi connectivity index (χ1n) is 9.42.